The lowest BCUT2D eigenvalue weighted by Gasteiger charge is -2.13. The highest BCUT2D eigenvalue weighted by molar-refractivity contribution is 6.30. The zero-order valence-electron chi connectivity index (χ0n) is 16.5. The van der Waals surface area contributed by atoms with Gasteiger partial charge in [0, 0.05) is 27.0 Å². The SMILES string of the molecule is Cc1ccc(C(=O)c2c(C)nc(Nc3ccc(Cl)cc3)n2-c2ccc(Cl)cc2)cc1. The van der Waals surface area contributed by atoms with E-state index in [1.807, 2.05) is 66.9 Å². The fraction of sp³-hybridized carbons (Fsp3) is 0.0833. The van der Waals surface area contributed by atoms with Crippen molar-refractivity contribution >= 4 is 40.6 Å². The molecule has 0 saturated carbocycles. The Balaban J connectivity index is 1.85. The standard InChI is InChI=1S/C24H19Cl2N3O/c1-15-3-5-17(6-4-15)23(30)22-16(2)27-24(28-20-11-7-18(25)8-12-20)29(22)21-13-9-19(26)10-14-21/h3-14H,1-2H3,(H,27,28). The van der Waals surface area contributed by atoms with Crippen LogP contribution >= 0.6 is 23.2 Å². The summed E-state index contributed by atoms with van der Waals surface area (Å²) >= 11 is 12.1. The molecule has 3 aromatic carbocycles. The molecule has 0 unspecified atom stereocenters. The molecule has 0 bridgehead atoms. The second kappa shape index (κ2) is 8.34. The van der Waals surface area contributed by atoms with Crippen LogP contribution in [0.15, 0.2) is 72.8 Å². The molecule has 150 valence electrons. The molecule has 6 heteroatoms. The molecule has 1 heterocycles. The second-order valence-electron chi connectivity index (χ2n) is 7.01. The third-order valence-corrected chi connectivity index (χ3v) is 5.27. The summed E-state index contributed by atoms with van der Waals surface area (Å²) in [6.07, 6.45) is 0. The fourth-order valence-electron chi connectivity index (χ4n) is 3.22. The van der Waals surface area contributed by atoms with E-state index >= 15 is 0 Å². The Bertz CT molecular complexity index is 1200. The molecule has 4 nitrogen and oxygen atoms in total. The molecule has 0 saturated heterocycles. The first-order valence-electron chi connectivity index (χ1n) is 9.41. The lowest BCUT2D eigenvalue weighted by atomic mass is 10.1. The van der Waals surface area contributed by atoms with Crippen LogP contribution in [0.1, 0.15) is 27.3 Å². The maximum Gasteiger partial charge on any atom is 0.212 e. The number of aromatic nitrogens is 2. The second-order valence-corrected chi connectivity index (χ2v) is 7.88. The van der Waals surface area contributed by atoms with Gasteiger partial charge in [0.2, 0.25) is 11.7 Å². The molecule has 0 amide bonds. The van der Waals surface area contributed by atoms with Gasteiger partial charge in [-0.3, -0.25) is 9.36 Å². The number of nitrogens with one attached hydrogen (secondary N) is 1. The van der Waals surface area contributed by atoms with Gasteiger partial charge in [0.15, 0.2) is 0 Å². The molecule has 4 aromatic rings. The number of imidazole rings is 1. The van der Waals surface area contributed by atoms with Gasteiger partial charge in [0.1, 0.15) is 5.69 Å². The smallest absolute Gasteiger partial charge is 0.212 e. The molecule has 0 radical (unpaired) electrons. The van der Waals surface area contributed by atoms with Crippen molar-refractivity contribution in [2.24, 2.45) is 0 Å². The molecule has 0 aliphatic carbocycles. The number of aryl methyl sites for hydroxylation is 2. The van der Waals surface area contributed by atoms with Crippen molar-refractivity contribution in [1.29, 1.82) is 0 Å². The molecule has 0 spiro atoms. The summed E-state index contributed by atoms with van der Waals surface area (Å²) < 4.78 is 1.82. The summed E-state index contributed by atoms with van der Waals surface area (Å²) in [6, 6.07) is 22.2. The molecule has 1 aromatic heterocycles. The highest BCUT2D eigenvalue weighted by atomic mass is 35.5. The summed E-state index contributed by atoms with van der Waals surface area (Å²) in [5, 5.41) is 4.56. The van der Waals surface area contributed by atoms with E-state index in [-0.39, 0.29) is 5.78 Å². The van der Waals surface area contributed by atoms with Crippen LogP contribution in [0.5, 0.6) is 0 Å². The Morgan fingerprint density at radius 3 is 2.00 bits per heavy atom. The lowest BCUT2D eigenvalue weighted by Crippen LogP contribution is -2.12. The van der Waals surface area contributed by atoms with Crippen LogP contribution in [0.25, 0.3) is 5.69 Å². The van der Waals surface area contributed by atoms with E-state index in [0.717, 1.165) is 16.9 Å². The van der Waals surface area contributed by atoms with Gasteiger partial charge in [-0.1, -0.05) is 53.0 Å². The molecule has 0 atom stereocenters. The third kappa shape index (κ3) is 4.11. The van der Waals surface area contributed by atoms with Gasteiger partial charge in [0.05, 0.1) is 5.69 Å². The average molecular weight is 436 g/mol. The predicted molar refractivity (Wildman–Crippen MR) is 123 cm³/mol. The Morgan fingerprint density at radius 1 is 0.833 bits per heavy atom. The Hall–Kier alpha value is -3.08. The number of benzene rings is 3. The van der Waals surface area contributed by atoms with Crippen LogP contribution < -0.4 is 5.32 Å². The van der Waals surface area contributed by atoms with E-state index in [2.05, 4.69) is 10.3 Å². The Kier molecular flexibility index (Phi) is 5.62. The molecular weight excluding hydrogens is 417 g/mol. The molecular formula is C24H19Cl2N3O. The number of rotatable bonds is 5. The van der Waals surface area contributed by atoms with Crippen LogP contribution in [0.2, 0.25) is 10.0 Å². The molecule has 4 rings (SSSR count). The zero-order valence-corrected chi connectivity index (χ0v) is 18.0. The number of hydrogen-bond donors (Lipinski definition) is 1. The molecule has 1 N–H and O–H groups in total. The van der Waals surface area contributed by atoms with Gasteiger partial charge in [-0.05, 0) is 62.4 Å². The van der Waals surface area contributed by atoms with Gasteiger partial charge in [0.25, 0.3) is 0 Å². The molecule has 30 heavy (non-hydrogen) atoms. The van der Waals surface area contributed by atoms with E-state index < -0.39 is 0 Å². The quantitative estimate of drug-likeness (QED) is 0.351. The van der Waals surface area contributed by atoms with Crippen molar-refractivity contribution in [2.75, 3.05) is 5.32 Å². The van der Waals surface area contributed by atoms with Crippen LogP contribution in [0, 0.1) is 13.8 Å². The van der Waals surface area contributed by atoms with E-state index in [0.29, 0.717) is 32.9 Å². The van der Waals surface area contributed by atoms with Crippen LogP contribution in [-0.4, -0.2) is 15.3 Å². The highest BCUT2D eigenvalue weighted by Gasteiger charge is 2.23. The first kappa shape index (κ1) is 20.2. The van der Waals surface area contributed by atoms with Crippen molar-refractivity contribution in [3.8, 4) is 5.69 Å². The number of anilines is 2. The maximum atomic E-state index is 13.4. The summed E-state index contributed by atoms with van der Waals surface area (Å²) in [5.41, 5.74) is 4.43. The number of ketones is 1. The highest BCUT2D eigenvalue weighted by Crippen LogP contribution is 2.28. The number of carbonyl (C=O) groups excluding carboxylic acids is 1. The van der Waals surface area contributed by atoms with Crippen LogP contribution in [-0.2, 0) is 0 Å². The largest absolute Gasteiger partial charge is 0.325 e. The van der Waals surface area contributed by atoms with Gasteiger partial charge >= 0.3 is 0 Å². The normalized spacial score (nSPS) is 10.8. The van der Waals surface area contributed by atoms with Crippen molar-refractivity contribution in [3.05, 3.63) is 105 Å². The number of nitrogens with zero attached hydrogens (tertiary/aromatic N) is 2. The summed E-state index contributed by atoms with van der Waals surface area (Å²) in [5.74, 6) is 0.437. The molecule has 0 aliphatic rings. The lowest BCUT2D eigenvalue weighted by molar-refractivity contribution is 0.103. The van der Waals surface area contributed by atoms with Gasteiger partial charge < -0.3 is 5.32 Å². The Labute approximate surface area is 185 Å². The van der Waals surface area contributed by atoms with Crippen molar-refractivity contribution in [3.63, 3.8) is 0 Å². The van der Waals surface area contributed by atoms with E-state index in [1.165, 1.54) is 0 Å². The van der Waals surface area contributed by atoms with Crippen LogP contribution in [0.4, 0.5) is 11.6 Å². The molecule has 0 fully saturated rings. The monoisotopic (exact) mass is 435 g/mol. The Morgan fingerprint density at radius 2 is 1.40 bits per heavy atom. The maximum absolute atomic E-state index is 13.4. The summed E-state index contributed by atoms with van der Waals surface area (Å²) in [6.45, 7) is 3.83. The first-order chi connectivity index (χ1) is 14.4. The van der Waals surface area contributed by atoms with E-state index in [9.17, 15) is 4.79 Å². The van der Waals surface area contributed by atoms with Crippen molar-refractivity contribution < 1.29 is 4.79 Å². The third-order valence-electron chi connectivity index (χ3n) is 4.77. The predicted octanol–water partition coefficient (Wildman–Crippen LogP) is 6.77. The van der Waals surface area contributed by atoms with Crippen LogP contribution in [0.3, 0.4) is 0 Å². The van der Waals surface area contributed by atoms with E-state index in [4.69, 9.17) is 23.2 Å². The zero-order chi connectivity index (χ0) is 21.3. The van der Waals surface area contributed by atoms with Gasteiger partial charge in [-0.2, -0.15) is 0 Å². The fourth-order valence-corrected chi connectivity index (χ4v) is 3.48. The number of carbonyl (C=O) groups is 1. The minimum Gasteiger partial charge on any atom is -0.325 e. The number of halogens is 2. The molecule has 0 aliphatic heterocycles. The van der Waals surface area contributed by atoms with Gasteiger partial charge in [-0.25, -0.2) is 4.98 Å². The van der Waals surface area contributed by atoms with Crippen molar-refractivity contribution in [1.82, 2.24) is 9.55 Å². The average Bonchev–Trinajstić information content (AvgIpc) is 3.06. The van der Waals surface area contributed by atoms with Crippen molar-refractivity contribution in [2.45, 2.75) is 13.8 Å². The van der Waals surface area contributed by atoms with Gasteiger partial charge in [-0.15, -0.1) is 0 Å². The minimum absolute atomic E-state index is 0.0980. The van der Waals surface area contributed by atoms with E-state index in [1.54, 1.807) is 24.3 Å². The summed E-state index contributed by atoms with van der Waals surface area (Å²) in [4.78, 5) is 18.1. The minimum atomic E-state index is -0.0980. The topological polar surface area (TPSA) is 46.9 Å². The summed E-state index contributed by atoms with van der Waals surface area (Å²) in [7, 11) is 0. The number of hydrogen-bond acceptors (Lipinski definition) is 3. The first-order valence-corrected chi connectivity index (χ1v) is 10.2.